The molecule has 1 atom stereocenters. The topological polar surface area (TPSA) is 83.7 Å². The summed E-state index contributed by atoms with van der Waals surface area (Å²) < 4.78 is 11.5. The number of aromatic nitrogens is 2. The fraction of sp³-hybridized carbons (Fsp3) is 0.857. The number of hydrogen-bond donors (Lipinski definition) is 2. The van der Waals surface area contributed by atoms with E-state index in [1.807, 2.05) is 18.7 Å². The quantitative estimate of drug-likeness (QED) is 0.803. The van der Waals surface area contributed by atoms with E-state index in [0.717, 1.165) is 6.54 Å². The van der Waals surface area contributed by atoms with E-state index in [1.54, 1.807) is 0 Å². The fourth-order valence-corrected chi connectivity index (χ4v) is 2.45. The zero-order chi connectivity index (χ0) is 15.5. The van der Waals surface area contributed by atoms with Crippen LogP contribution in [-0.2, 0) is 11.3 Å². The van der Waals surface area contributed by atoms with Crippen LogP contribution in [0.15, 0.2) is 4.42 Å². The molecule has 0 spiro atoms. The second-order valence-corrected chi connectivity index (χ2v) is 6.57. The van der Waals surface area contributed by atoms with Gasteiger partial charge in [0.05, 0.1) is 37.9 Å². The summed E-state index contributed by atoms with van der Waals surface area (Å²) in [4.78, 5) is 1.98. The highest BCUT2D eigenvalue weighted by Crippen LogP contribution is 2.25. The molecule has 7 heteroatoms. The number of morpholine rings is 1. The van der Waals surface area contributed by atoms with E-state index in [4.69, 9.17) is 9.15 Å². The molecule has 0 saturated carbocycles. The van der Waals surface area contributed by atoms with Gasteiger partial charge in [-0.15, -0.1) is 5.10 Å². The van der Waals surface area contributed by atoms with Gasteiger partial charge in [0.1, 0.15) is 0 Å². The van der Waals surface area contributed by atoms with E-state index >= 15 is 0 Å². The first-order valence-electron chi connectivity index (χ1n) is 7.46. The first kappa shape index (κ1) is 16.2. The van der Waals surface area contributed by atoms with Gasteiger partial charge in [0.15, 0.2) is 0 Å². The van der Waals surface area contributed by atoms with Crippen LogP contribution >= 0.6 is 0 Å². The minimum Gasteiger partial charge on any atom is -0.407 e. The molecule has 1 unspecified atom stereocenters. The lowest BCUT2D eigenvalue weighted by molar-refractivity contribution is -0.102. The van der Waals surface area contributed by atoms with Crippen LogP contribution in [0, 0.1) is 5.92 Å². The molecule has 0 radical (unpaired) electrons. The molecule has 0 bridgehead atoms. The summed E-state index contributed by atoms with van der Waals surface area (Å²) in [5.41, 5.74) is -0.351. The highest BCUT2D eigenvalue weighted by atomic mass is 16.5. The van der Waals surface area contributed by atoms with Crippen LogP contribution in [0.5, 0.6) is 0 Å². The molecule has 21 heavy (non-hydrogen) atoms. The van der Waals surface area contributed by atoms with Crippen molar-refractivity contribution >= 4 is 6.01 Å². The van der Waals surface area contributed by atoms with Gasteiger partial charge in [-0.05, 0) is 26.3 Å². The molecule has 0 aliphatic carbocycles. The molecule has 1 aliphatic rings. The molecule has 0 aromatic carbocycles. The summed E-state index contributed by atoms with van der Waals surface area (Å²) in [7, 11) is 0. The highest BCUT2D eigenvalue weighted by Gasteiger charge is 2.35. The molecule has 2 rings (SSSR count). The third-order valence-electron chi connectivity index (χ3n) is 3.24. The number of hydrogen-bond acceptors (Lipinski definition) is 7. The maximum Gasteiger partial charge on any atom is 0.318 e. The van der Waals surface area contributed by atoms with Crippen LogP contribution in [0.4, 0.5) is 6.01 Å². The second-order valence-electron chi connectivity index (χ2n) is 6.57. The number of anilines is 1. The minimum atomic E-state index is -0.351. The Balaban J connectivity index is 1.96. The van der Waals surface area contributed by atoms with Gasteiger partial charge < -0.3 is 24.5 Å². The Morgan fingerprint density at radius 3 is 2.86 bits per heavy atom. The molecule has 1 aliphatic heterocycles. The summed E-state index contributed by atoms with van der Waals surface area (Å²) in [5.74, 6) is 1.16. The Labute approximate surface area is 125 Å². The van der Waals surface area contributed by atoms with Crippen molar-refractivity contribution in [1.29, 1.82) is 0 Å². The van der Waals surface area contributed by atoms with Gasteiger partial charge in [0, 0.05) is 0 Å². The third kappa shape index (κ3) is 4.66. The number of nitrogens with one attached hydrogen (secondary N) is 1. The van der Waals surface area contributed by atoms with Gasteiger partial charge in [-0.3, -0.25) is 0 Å². The largest absolute Gasteiger partial charge is 0.407 e. The molecule has 1 fully saturated rings. The van der Waals surface area contributed by atoms with Crippen molar-refractivity contribution in [2.45, 2.75) is 45.9 Å². The standard InChI is InChI=1S/C14H26N4O3/c1-10(2)5-15-6-12-16-17-13(20-12)18-7-11(8-19)21-14(3,4)9-18/h10-11,15,19H,5-9H2,1-4H3. The van der Waals surface area contributed by atoms with Crippen LogP contribution in [0.3, 0.4) is 0 Å². The number of aliphatic hydroxyl groups is 1. The molecule has 120 valence electrons. The third-order valence-corrected chi connectivity index (χ3v) is 3.24. The predicted molar refractivity (Wildman–Crippen MR) is 79.1 cm³/mol. The summed E-state index contributed by atoms with van der Waals surface area (Å²) in [5, 5.41) is 20.8. The zero-order valence-electron chi connectivity index (χ0n) is 13.3. The van der Waals surface area contributed by atoms with Crippen LogP contribution < -0.4 is 10.2 Å². The van der Waals surface area contributed by atoms with Crippen molar-refractivity contribution in [3.05, 3.63) is 5.89 Å². The average Bonchev–Trinajstić information content (AvgIpc) is 2.85. The summed E-state index contributed by atoms with van der Waals surface area (Å²) in [6.45, 7) is 11.0. The molecule has 1 saturated heterocycles. The molecule has 1 aromatic rings. The van der Waals surface area contributed by atoms with Crippen LogP contribution in [0.1, 0.15) is 33.6 Å². The summed E-state index contributed by atoms with van der Waals surface area (Å²) in [6, 6.07) is 0.492. The van der Waals surface area contributed by atoms with E-state index in [1.165, 1.54) is 0 Å². The van der Waals surface area contributed by atoms with Crippen molar-refractivity contribution < 1.29 is 14.3 Å². The maximum absolute atomic E-state index is 9.33. The Morgan fingerprint density at radius 2 is 2.19 bits per heavy atom. The smallest absolute Gasteiger partial charge is 0.318 e. The Bertz CT molecular complexity index is 447. The maximum atomic E-state index is 9.33. The first-order chi connectivity index (χ1) is 9.89. The first-order valence-corrected chi connectivity index (χ1v) is 7.46. The molecular weight excluding hydrogens is 272 g/mol. The Hall–Kier alpha value is -1.18. The van der Waals surface area contributed by atoms with E-state index in [0.29, 0.717) is 37.5 Å². The number of nitrogens with zero attached hydrogens (tertiary/aromatic N) is 3. The van der Waals surface area contributed by atoms with Crippen LogP contribution in [0.2, 0.25) is 0 Å². The van der Waals surface area contributed by atoms with Crippen LogP contribution in [-0.4, -0.2) is 53.3 Å². The van der Waals surface area contributed by atoms with E-state index in [9.17, 15) is 5.11 Å². The number of aliphatic hydroxyl groups excluding tert-OH is 1. The number of ether oxygens (including phenoxy) is 1. The van der Waals surface area contributed by atoms with Gasteiger partial charge >= 0.3 is 6.01 Å². The van der Waals surface area contributed by atoms with Crippen molar-refractivity contribution in [3.8, 4) is 0 Å². The van der Waals surface area contributed by atoms with Gasteiger partial charge in [-0.25, -0.2) is 0 Å². The van der Waals surface area contributed by atoms with Crippen molar-refractivity contribution in [1.82, 2.24) is 15.5 Å². The normalized spacial score (nSPS) is 22.0. The molecule has 1 aromatic heterocycles. The predicted octanol–water partition coefficient (Wildman–Crippen LogP) is 0.791. The molecule has 7 nitrogen and oxygen atoms in total. The Kier molecular flexibility index (Phi) is 5.18. The van der Waals surface area contributed by atoms with Crippen molar-refractivity contribution in [3.63, 3.8) is 0 Å². The molecular formula is C14H26N4O3. The van der Waals surface area contributed by atoms with Gasteiger partial charge in [0.25, 0.3) is 0 Å². The van der Waals surface area contributed by atoms with Crippen molar-refractivity contribution in [2.75, 3.05) is 31.1 Å². The van der Waals surface area contributed by atoms with Gasteiger partial charge in [0.2, 0.25) is 5.89 Å². The number of rotatable bonds is 6. The van der Waals surface area contributed by atoms with E-state index in [-0.39, 0.29) is 18.3 Å². The van der Waals surface area contributed by atoms with E-state index < -0.39 is 0 Å². The molecule has 0 amide bonds. The van der Waals surface area contributed by atoms with Gasteiger partial charge in [-0.2, -0.15) is 0 Å². The lowest BCUT2D eigenvalue weighted by Crippen LogP contribution is -2.54. The SMILES string of the molecule is CC(C)CNCc1nnc(N2CC(CO)OC(C)(C)C2)o1. The minimum absolute atomic E-state index is 0.0170. The summed E-state index contributed by atoms with van der Waals surface area (Å²) >= 11 is 0. The monoisotopic (exact) mass is 298 g/mol. The second kappa shape index (κ2) is 6.72. The van der Waals surface area contributed by atoms with E-state index in [2.05, 4.69) is 29.4 Å². The van der Waals surface area contributed by atoms with Crippen molar-refractivity contribution in [2.24, 2.45) is 5.92 Å². The zero-order valence-corrected chi connectivity index (χ0v) is 13.3. The molecule has 2 heterocycles. The lowest BCUT2D eigenvalue weighted by atomic mass is 10.1. The lowest BCUT2D eigenvalue weighted by Gasteiger charge is -2.41. The molecule has 2 N–H and O–H groups in total. The summed E-state index contributed by atoms with van der Waals surface area (Å²) in [6.07, 6.45) is -0.233. The fourth-order valence-electron chi connectivity index (χ4n) is 2.45. The average molecular weight is 298 g/mol. The van der Waals surface area contributed by atoms with Crippen LogP contribution in [0.25, 0.3) is 0 Å². The highest BCUT2D eigenvalue weighted by molar-refractivity contribution is 5.27. The van der Waals surface area contributed by atoms with Gasteiger partial charge in [-0.1, -0.05) is 18.9 Å². The Morgan fingerprint density at radius 1 is 1.43 bits per heavy atom.